The minimum absolute atomic E-state index is 0.0206. The summed E-state index contributed by atoms with van der Waals surface area (Å²) in [6.45, 7) is 0.393. The molecule has 0 saturated heterocycles. The molecule has 1 aromatic rings. The van der Waals surface area contributed by atoms with E-state index in [-0.39, 0.29) is 17.6 Å². The second kappa shape index (κ2) is 5.53. The van der Waals surface area contributed by atoms with Crippen molar-refractivity contribution >= 4 is 23.7 Å². The van der Waals surface area contributed by atoms with E-state index in [1.807, 2.05) is 0 Å². The molecule has 1 amide bonds. The summed E-state index contributed by atoms with van der Waals surface area (Å²) in [4.78, 5) is 21.7. The van der Waals surface area contributed by atoms with E-state index >= 15 is 0 Å². The summed E-state index contributed by atoms with van der Waals surface area (Å²) < 4.78 is 0. The maximum absolute atomic E-state index is 10.9. The molecular formula is C10H12N2O2S. The molecule has 0 heterocycles. The summed E-state index contributed by atoms with van der Waals surface area (Å²) in [6, 6.07) is 6.86. The first-order valence-electron chi connectivity index (χ1n) is 4.42. The van der Waals surface area contributed by atoms with Crippen LogP contribution in [0.4, 0.5) is 0 Å². The Balaban J connectivity index is 2.57. The number of nitrogens with two attached hydrogens (primary N) is 1. The van der Waals surface area contributed by atoms with E-state index in [0.29, 0.717) is 12.1 Å². The molecule has 3 N–H and O–H groups in total. The quantitative estimate of drug-likeness (QED) is 0.645. The third-order valence-corrected chi connectivity index (χ3v) is 2.13. The predicted octanol–water partition coefficient (Wildman–Crippen LogP) is 0.331. The van der Waals surface area contributed by atoms with Gasteiger partial charge < -0.3 is 11.1 Å². The van der Waals surface area contributed by atoms with Gasteiger partial charge in [-0.25, -0.2) is 0 Å². The van der Waals surface area contributed by atoms with Crippen LogP contribution in [0.25, 0.3) is 0 Å². The number of nitrogens with one attached hydrogen (secondary N) is 1. The van der Waals surface area contributed by atoms with Gasteiger partial charge in [-0.3, -0.25) is 9.59 Å². The topological polar surface area (TPSA) is 72.2 Å². The first kappa shape index (κ1) is 11.7. The number of thiol groups is 1. The molecule has 0 unspecified atom stereocenters. The lowest BCUT2D eigenvalue weighted by atomic mass is 10.1. The second-order valence-electron chi connectivity index (χ2n) is 2.98. The molecule has 0 saturated carbocycles. The van der Waals surface area contributed by atoms with Gasteiger partial charge in [0.25, 0.3) is 0 Å². The van der Waals surface area contributed by atoms with Gasteiger partial charge in [-0.05, 0) is 5.56 Å². The molecule has 0 aliphatic heterocycles. The molecule has 1 rings (SSSR count). The lowest BCUT2D eigenvalue weighted by molar-refractivity contribution is -0.119. The Morgan fingerprint density at radius 3 is 2.33 bits per heavy atom. The van der Waals surface area contributed by atoms with Crippen LogP contribution in [0.3, 0.4) is 0 Å². The Labute approximate surface area is 93.3 Å². The average molecular weight is 224 g/mol. The van der Waals surface area contributed by atoms with Crippen LogP contribution in [-0.4, -0.2) is 17.6 Å². The van der Waals surface area contributed by atoms with Crippen LogP contribution < -0.4 is 11.1 Å². The minimum atomic E-state index is -0.271. The molecule has 0 aliphatic carbocycles. The predicted molar refractivity (Wildman–Crippen MR) is 60.7 cm³/mol. The minimum Gasteiger partial charge on any atom is -0.351 e. The molecule has 0 bridgehead atoms. The van der Waals surface area contributed by atoms with Crippen LogP contribution in [0.1, 0.15) is 15.9 Å². The van der Waals surface area contributed by atoms with Crippen LogP contribution in [0.2, 0.25) is 0 Å². The molecule has 0 radical (unpaired) electrons. The SMILES string of the molecule is NCC(=O)NCc1ccc(C(=O)S)cc1. The summed E-state index contributed by atoms with van der Waals surface area (Å²) in [5, 5.41) is 2.36. The highest BCUT2D eigenvalue weighted by Crippen LogP contribution is 2.06. The van der Waals surface area contributed by atoms with E-state index in [2.05, 4.69) is 17.9 Å². The highest BCUT2D eigenvalue weighted by molar-refractivity contribution is 7.97. The molecule has 0 atom stereocenters. The first-order chi connectivity index (χ1) is 7.13. The van der Waals surface area contributed by atoms with Gasteiger partial charge in [-0.1, -0.05) is 24.3 Å². The molecular weight excluding hydrogens is 212 g/mol. The van der Waals surface area contributed by atoms with Crippen molar-refractivity contribution in [3.8, 4) is 0 Å². The summed E-state index contributed by atoms with van der Waals surface area (Å²) in [7, 11) is 0. The fourth-order valence-electron chi connectivity index (χ4n) is 1.04. The van der Waals surface area contributed by atoms with Crippen molar-refractivity contribution in [2.75, 3.05) is 6.54 Å². The fourth-order valence-corrected chi connectivity index (χ4v) is 1.19. The van der Waals surface area contributed by atoms with Gasteiger partial charge >= 0.3 is 0 Å². The molecule has 4 nitrogen and oxygen atoms in total. The summed E-state index contributed by atoms with van der Waals surface area (Å²) in [6.07, 6.45) is 0. The van der Waals surface area contributed by atoms with Gasteiger partial charge in [0.1, 0.15) is 0 Å². The first-order valence-corrected chi connectivity index (χ1v) is 4.87. The number of carbonyl (C=O) groups excluding carboxylic acids is 2. The molecule has 1 aromatic carbocycles. The monoisotopic (exact) mass is 224 g/mol. The lowest BCUT2D eigenvalue weighted by Gasteiger charge is -2.03. The van der Waals surface area contributed by atoms with Crippen LogP contribution >= 0.6 is 12.6 Å². The number of hydrogen-bond acceptors (Lipinski definition) is 3. The standard InChI is InChI=1S/C10H12N2O2S/c11-5-9(13)12-6-7-1-3-8(4-2-7)10(14)15/h1-4H,5-6,11H2,(H,12,13)(H,14,15). The van der Waals surface area contributed by atoms with E-state index in [9.17, 15) is 9.59 Å². The Morgan fingerprint density at radius 2 is 1.87 bits per heavy atom. The molecule has 0 fully saturated rings. The van der Waals surface area contributed by atoms with E-state index in [4.69, 9.17) is 5.73 Å². The Hall–Kier alpha value is -1.33. The normalized spacial score (nSPS) is 9.73. The molecule has 5 heteroatoms. The second-order valence-corrected chi connectivity index (χ2v) is 3.39. The summed E-state index contributed by atoms with van der Waals surface area (Å²) in [5.41, 5.74) is 6.58. The number of hydrogen-bond donors (Lipinski definition) is 3. The largest absolute Gasteiger partial charge is 0.351 e. The van der Waals surface area contributed by atoms with Gasteiger partial charge in [0.2, 0.25) is 11.0 Å². The van der Waals surface area contributed by atoms with Crippen molar-refractivity contribution < 1.29 is 9.59 Å². The van der Waals surface area contributed by atoms with Gasteiger partial charge in [0.15, 0.2) is 0 Å². The van der Waals surface area contributed by atoms with Crippen LogP contribution in [0.5, 0.6) is 0 Å². The van der Waals surface area contributed by atoms with Crippen molar-refractivity contribution in [1.82, 2.24) is 5.32 Å². The van der Waals surface area contributed by atoms with Crippen molar-refractivity contribution in [2.45, 2.75) is 6.54 Å². The van der Waals surface area contributed by atoms with Crippen molar-refractivity contribution in [2.24, 2.45) is 5.73 Å². The summed E-state index contributed by atoms with van der Waals surface area (Å²) >= 11 is 3.70. The average Bonchev–Trinajstić information content (AvgIpc) is 2.26. The van der Waals surface area contributed by atoms with Crippen LogP contribution in [0, 0.1) is 0 Å². The number of carbonyl (C=O) groups is 2. The zero-order valence-corrected chi connectivity index (χ0v) is 8.96. The molecule has 0 aliphatic rings. The molecule has 15 heavy (non-hydrogen) atoms. The number of rotatable bonds is 4. The van der Waals surface area contributed by atoms with E-state index in [1.54, 1.807) is 24.3 Å². The van der Waals surface area contributed by atoms with Gasteiger partial charge in [0.05, 0.1) is 6.54 Å². The Kier molecular flexibility index (Phi) is 4.33. The van der Waals surface area contributed by atoms with E-state index < -0.39 is 0 Å². The van der Waals surface area contributed by atoms with E-state index in [0.717, 1.165) is 5.56 Å². The highest BCUT2D eigenvalue weighted by Gasteiger charge is 2.00. The molecule has 80 valence electrons. The zero-order valence-electron chi connectivity index (χ0n) is 8.06. The Bertz CT molecular complexity index is 362. The van der Waals surface area contributed by atoms with Crippen molar-refractivity contribution in [3.63, 3.8) is 0 Å². The van der Waals surface area contributed by atoms with Gasteiger partial charge in [-0.15, -0.1) is 12.6 Å². The summed E-state index contributed by atoms with van der Waals surface area (Å²) in [5.74, 6) is -0.204. The maximum Gasteiger partial charge on any atom is 0.234 e. The number of benzene rings is 1. The highest BCUT2D eigenvalue weighted by atomic mass is 32.1. The smallest absolute Gasteiger partial charge is 0.234 e. The van der Waals surface area contributed by atoms with Crippen LogP contribution in [-0.2, 0) is 11.3 Å². The lowest BCUT2D eigenvalue weighted by Crippen LogP contribution is -2.29. The zero-order chi connectivity index (χ0) is 11.3. The Morgan fingerprint density at radius 1 is 1.27 bits per heavy atom. The maximum atomic E-state index is 10.9. The molecule has 0 spiro atoms. The van der Waals surface area contributed by atoms with E-state index in [1.165, 1.54) is 0 Å². The molecule has 0 aromatic heterocycles. The number of amides is 1. The van der Waals surface area contributed by atoms with Gasteiger partial charge in [0, 0.05) is 12.1 Å². The van der Waals surface area contributed by atoms with Crippen molar-refractivity contribution in [3.05, 3.63) is 35.4 Å². The van der Waals surface area contributed by atoms with Crippen molar-refractivity contribution in [1.29, 1.82) is 0 Å². The van der Waals surface area contributed by atoms with Crippen LogP contribution in [0.15, 0.2) is 24.3 Å². The fraction of sp³-hybridized carbons (Fsp3) is 0.200. The third-order valence-electron chi connectivity index (χ3n) is 1.88. The third kappa shape index (κ3) is 3.73. The van der Waals surface area contributed by atoms with Gasteiger partial charge in [-0.2, -0.15) is 0 Å².